The lowest BCUT2D eigenvalue weighted by molar-refractivity contribution is -0.151. The van der Waals surface area contributed by atoms with Crippen LogP contribution in [0.2, 0.25) is 0 Å². The quantitative estimate of drug-likeness (QED) is 0.0188. The summed E-state index contributed by atoms with van der Waals surface area (Å²) in [5.74, 6) is -1.55. The van der Waals surface area contributed by atoms with Gasteiger partial charge in [-0.2, -0.15) is 0 Å². The largest absolute Gasteiger partial charge is 0.475 e. The Kier molecular flexibility index (Phi) is 48.1. The van der Waals surface area contributed by atoms with Gasteiger partial charge in [-0.05, 0) is 66.3 Å². The Morgan fingerprint density at radius 2 is 0.650 bits per heavy atom. The highest BCUT2D eigenvalue weighted by Crippen LogP contribution is 2.52. The van der Waals surface area contributed by atoms with Gasteiger partial charge in [0, 0.05) is 19.4 Å². The van der Waals surface area contributed by atoms with E-state index in [4.69, 9.17) is 36.6 Å². The number of unbranched alkanes of at least 4 members (excludes halogenated alkanes) is 24. The van der Waals surface area contributed by atoms with Crippen molar-refractivity contribution in [2.45, 2.75) is 303 Å². The van der Waals surface area contributed by atoms with E-state index >= 15 is 0 Å². The van der Waals surface area contributed by atoms with E-state index < -0.39 is 52.3 Å². The van der Waals surface area contributed by atoms with Gasteiger partial charge < -0.3 is 25.4 Å². The number of nitrogens with one attached hydrogen (secondary N) is 3. The van der Waals surface area contributed by atoms with Crippen molar-refractivity contribution in [2.24, 2.45) is 0 Å². The zero-order valence-electron chi connectivity index (χ0n) is 62.8. The average Bonchev–Trinajstić information content (AvgIpc) is 0.907. The summed E-state index contributed by atoms with van der Waals surface area (Å²) in [5, 5.41) is 9.14. The fourth-order valence-corrected chi connectivity index (χ4v) is 14.5. The van der Waals surface area contributed by atoms with Crippen molar-refractivity contribution in [2.75, 3.05) is 19.8 Å². The van der Waals surface area contributed by atoms with Crippen LogP contribution >= 0.6 is 15.6 Å². The summed E-state index contributed by atoms with van der Waals surface area (Å²) in [4.78, 5) is 56.6. The third-order valence-electron chi connectivity index (χ3n) is 18.2. The molecule has 0 bridgehead atoms. The standard InChI is InChI=1S/C84H127N3O14P2/c1-4-7-10-13-16-19-22-25-43-58-79(94-65-72-47-33-28-34-48-72)63-82(89)86-77(70-99-102(92,95-66-73-49-35-29-36-50-73)96-67-74-51-37-30-38-52-74)57-46-61-85-81(88)62-78(71-100-103(93,97-68-75-53-39-31-40-54-75)98-69-76-55-41-32-42-56-76)87-83(90)64-80(59-44-26-23-20-17-14-11-8-5-2)101-84(91)60-45-27-24-21-18-15-12-9-6-3/h28-42,47-56,77-80H,4-27,43-46,57-71H2,1-3H3,(H,85,88)(H,86,89)(H,87,90)/t77-,78-,79-,80-/m1/s1. The molecule has 0 heterocycles. The predicted molar refractivity (Wildman–Crippen MR) is 412 cm³/mol. The molecule has 103 heavy (non-hydrogen) atoms. The number of benzene rings is 5. The van der Waals surface area contributed by atoms with Gasteiger partial charge in [-0.3, -0.25) is 46.3 Å². The van der Waals surface area contributed by atoms with E-state index in [0.29, 0.717) is 32.3 Å². The Labute approximate surface area is 619 Å². The molecule has 0 fully saturated rings. The SMILES string of the molecule is CCCCCCCCCCCC(=O)O[C@H](CCCCCCCCCCC)CC(=O)N[C@@H](COP(=O)(OCc1ccccc1)OCc1ccccc1)CC(=O)NCCC[C@H](COP(=O)(OCc1ccccc1)OCc1ccccc1)NC(=O)C[C@@H](CCCCCCCCCCC)OCc1ccccc1. The average molecular weight is 1460 g/mol. The molecule has 572 valence electrons. The molecule has 0 spiro atoms. The second kappa shape index (κ2) is 56.5. The number of hydrogen-bond donors (Lipinski definition) is 3. The minimum absolute atomic E-state index is 0.0620. The molecule has 0 aromatic heterocycles. The monoisotopic (exact) mass is 1460 g/mol. The van der Waals surface area contributed by atoms with E-state index in [1.54, 1.807) is 0 Å². The van der Waals surface area contributed by atoms with Crippen LogP contribution in [-0.4, -0.2) is 67.7 Å². The zero-order chi connectivity index (χ0) is 73.4. The van der Waals surface area contributed by atoms with Crippen LogP contribution in [0.15, 0.2) is 152 Å². The van der Waals surface area contributed by atoms with Gasteiger partial charge in [0.1, 0.15) is 6.10 Å². The lowest BCUT2D eigenvalue weighted by atomic mass is 10.0. The lowest BCUT2D eigenvalue weighted by Gasteiger charge is -2.25. The van der Waals surface area contributed by atoms with Crippen LogP contribution in [0.25, 0.3) is 0 Å². The van der Waals surface area contributed by atoms with Gasteiger partial charge in [0.15, 0.2) is 0 Å². The molecule has 5 rings (SSSR count). The van der Waals surface area contributed by atoms with E-state index in [1.165, 1.54) is 103 Å². The Hall–Kier alpha value is -5.84. The molecule has 17 nitrogen and oxygen atoms in total. The number of rotatable bonds is 64. The van der Waals surface area contributed by atoms with Crippen LogP contribution in [0, 0.1) is 0 Å². The topological polar surface area (TPSA) is 212 Å². The molecule has 0 aliphatic carbocycles. The number of phosphoric ester groups is 2. The number of carbonyl (C=O) groups is 4. The van der Waals surface area contributed by atoms with E-state index in [0.717, 1.165) is 92.0 Å². The van der Waals surface area contributed by atoms with E-state index in [2.05, 4.69) is 36.7 Å². The molecular weight excluding hydrogens is 1340 g/mol. The number of carbonyl (C=O) groups excluding carboxylic acids is 4. The summed E-state index contributed by atoms with van der Waals surface area (Å²) in [6.07, 6.45) is 31.0. The lowest BCUT2D eigenvalue weighted by Crippen LogP contribution is -2.43. The van der Waals surface area contributed by atoms with Crippen molar-refractivity contribution in [1.82, 2.24) is 16.0 Å². The summed E-state index contributed by atoms with van der Waals surface area (Å²) in [5.41, 5.74) is 3.96. The molecule has 4 atom stereocenters. The molecule has 0 aliphatic rings. The molecule has 5 aromatic rings. The van der Waals surface area contributed by atoms with Crippen LogP contribution in [0.1, 0.15) is 273 Å². The molecule has 0 saturated heterocycles. The van der Waals surface area contributed by atoms with Crippen LogP contribution in [0.3, 0.4) is 0 Å². The Morgan fingerprint density at radius 1 is 0.330 bits per heavy atom. The van der Waals surface area contributed by atoms with Gasteiger partial charge >= 0.3 is 21.6 Å². The van der Waals surface area contributed by atoms with Crippen LogP contribution < -0.4 is 16.0 Å². The molecule has 19 heteroatoms. The maximum absolute atomic E-state index is 14.7. The van der Waals surface area contributed by atoms with Gasteiger partial charge in [-0.25, -0.2) is 9.13 Å². The molecule has 0 radical (unpaired) electrons. The number of hydrogen-bond acceptors (Lipinski definition) is 14. The summed E-state index contributed by atoms with van der Waals surface area (Å²) < 4.78 is 78.2. The van der Waals surface area contributed by atoms with Crippen LogP contribution in [-0.2, 0) is 98.0 Å². The third-order valence-corrected chi connectivity index (χ3v) is 20.9. The van der Waals surface area contributed by atoms with Gasteiger partial charge in [0.05, 0.1) is 77.3 Å². The molecule has 0 aliphatic heterocycles. The zero-order valence-corrected chi connectivity index (χ0v) is 64.5. The van der Waals surface area contributed by atoms with E-state index in [-0.39, 0.29) is 89.7 Å². The maximum Gasteiger partial charge on any atom is 0.475 e. The first kappa shape index (κ1) is 87.8. The normalized spacial score (nSPS) is 12.9. The third kappa shape index (κ3) is 44.0. The summed E-state index contributed by atoms with van der Waals surface area (Å²) in [6, 6.07) is 45.1. The Bertz CT molecular complexity index is 2950. The number of esters is 1. The molecule has 5 aromatic carbocycles. The molecule has 3 N–H and O–H groups in total. The maximum atomic E-state index is 14.7. The minimum atomic E-state index is -4.39. The smallest absolute Gasteiger partial charge is 0.462 e. The highest BCUT2D eigenvalue weighted by molar-refractivity contribution is 7.48. The fourth-order valence-electron chi connectivity index (χ4n) is 12.1. The van der Waals surface area contributed by atoms with Crippen LogP contribution in [0.4, 0.5) is 0 Å². The van der Waals surface area contributed by atoms with Gasteiger partial charge in [-0.1, -0.05) is 333 Å². The number of amides is 3. The first-order valence-corrected chi connectivity index (χ1v) is 42.2. The second-order valence-electron chi connectivity index (χ2n) is 27.5. The van der Waals surface area contributed by atoms with Gasteiger partial charge in [0.25, 0.3) is 0 Å². The first-order chi connectivity index (χ1) is 50.3. The van der Waals surface area contributed by atoms with Crippen molar-refractivity contribution in [1.29, 1.82) is 0 Å². The molecule has 3 amide bonds. The fraction of sp³-hybridized carbons (Fsp3) is 0.595. The van der Waals surface area contributed by atoms with Crippen molar-refractivity contribution < 1.29 is 64.9 Å². The molecular formula is C84H127N3O14P2. The highest BCUT2D eigenvalue weighted by Gasteiger charge is 2.32. The second-order valence-corrected chi connectivity index (χ2v) is 30.8. The summed E-state index contributed by atoms with van der Waals surface area (Å²) in [7, 11) is -8.68. The molecule has 0 unspecified atom stereocenters. The van der Waals surface area contributed by atoms with Crippen LogP contribution in [0.5, 0.6) is 0 Å². The highest BCUT2D eigenvalue weighted by atomic mass is 31.2. The van der Waals surface area contributed by atoms with E-state index in [9.17, 15) is 28.3 Å². The van der Waals surface area contributed by atoms with Gasteiger partial charge in [-0.15, -0.1) is 0 Å². The summed E-state index contributed by atoms with van der Waals surface area (Å²) >= 11 is 0. The van der Waals surface area contributed by atoms with E-state index in [1.807, 2.05) is 152 Å². The Morgan fingerprint density at radius 3 is 1.04 bits per heavy atom. The summed E-state index contributed by atoms with van der Waals surface area (Å²) in [6.45, 7) is 6.09. The van der Waals surface area contributed by atoms with Crippen molar-refractivity contribution in [3.05, 3.63) is 179 Å². The number of phosphoric acid groups is 2. The predicted octanol–water partition coefficient (Wildman–Crippen LogP) is 21.4. The van der Waals surface area contributed by atoms with Crippen molar-refractivity contribution >= 4 is 39.3 Å². The Balaban J connectivity index is 1.33. The van der Waals surface area contributed by atoms with Crippen molar-refractivity contribution in [3.63, 3.8) is 0 Å². The number of ether oxygens (including phenoxy) is 2. The van der Waals surface area contributed by atoms with Gasteiger partial charge in [0.2, 0.25) is 17.7 Å². The van der Waals surface area contributed by atoms with Crippen molar-refractivity contribution in [3.8, 4) is 0 Å². The molecule has 0 saturated carbocycles. The first-order valence-electron chi connectivity index (χ1n) is 39.3. The minimum Gasteiger partial charge on any atom is -0.462 e.